The van der Waals surface area contributed by atoms with Crippen LogP contribution in [-0.2, 0) is 6.42 Å². The zero-order valence-corrected chi connectivity index (χ0v) is 11.1. The van der Waals surface area contributed by atoms with E-state index in [0.717, 1.165) is 18.5 Å². The minimum absolute atomic E-state index is 0.226. The van der Waals surface area contributed by atoms with Crippen molar-refractivity contribution in [2.45, 2.75) is 32.7 Å². The van der Waals surface area contributed by atoms with E-state index in [-0.39, 0.29) is 6.04 Å². The molecule has 1 atom stereocenters. The maximum atomic E-state index is 4.39. The zero-order valence-electron chi connectivity index (χ0n) is 11.1. The van der Waals surface area contributed by atoms with Gasteiger partial charge in [-0.1, -0.05) is 37.6 Å². The number of nitrogens with zero attached hydrogens (tertiary/aromatic N) is 1. The van der Waals surface area contributed by atoms with Crippen molar-refractivity contribution in [1.29, 1.82) is 0 Å². The molecule has 18 heavy (non-hydrogen) atoms. The fourth-order valence-corrected chi connectivity index (χ4v) is 2.09. The third-order valence-corrected chi connectivity index (χ3v) is 3.04. The number of nitrogens with one attached hydrogen (secondary N) is 1. The molecular weight excluding hydrogens is 220 g/mol. The lowest BCUT2D eigenvalue weighted by molar-refractivity contribution is 0.831. The Balaban J connectivity index is 2.14. The Morgan fingerprint density at radius 1 is 1.11 bits per heavy atom. The molecule has 0 saturated carbocycles. The average Bonchev–Trinajstić information content (AvgIpc) is 2.42. The van der Waals surface area contributed by atoms with Crippen LogP contribution in [0.25, 0.3) is 0 Å². The van der Waals surface area contributed by atoms with E-state index in [1.165, 1.54) is 11.3 Å². The van der Waals surface area contributed by atoms with Gasteiger partial charge in [-0.15, -0.1) is 0 Å². The van der Waals surface area contributed by atoms with Crippen molar-refractivity contribution >= 4 is 5.69 Å². The largest absolute Gasteiger partial charge is 0.377 e. The lowest BCUT2D eigenvalue weighted by Gasteiger charge is -2.17. The second-order valence-electron chi connectivity index (χ2n) is 4.53. The van der Waals surface area contributed by atoms with Gasteiger partial charge in [-0.2, -0.15) is 0 Å². The van der Waals surface area contributed by atoms with Crippen LogP contribution >= 0.6 is 0 Å². The summed E-state index contributed by atoms with van der Waals surface area (Å²) in [5.41, 5.74) is 3.67. The molecule has 2 rings (SSSR count). The van der Waals surface area contributed by atoms with Gasteiger partial charge >= 0.3 is 0 Å². The Bertz CT molecular complexity index is 479. The number of para-hydroxylation sites is 1. The van der Waals surface area contributed by atoms with Crippen LogP contribution in [0.5, 0.6) is 0 Å². The number of anilines is 1. The number of hydrogen-bond donors (Lipinski definition) is 1. The second-order valence-corrected chi connectivity index (χ2v) is 4.53. The summed E-state index contributed by atoms with van der Waals surface area (Å²) < 4.78 is 0. The van der Waals surface area contributed by atoms with Crippen LogP contribution in [0.3, 0.4) is 0 Å². The highest BCUT2D eigenvalue weighted by molar-refractivity contribution is 5.52. The highest BCUT2D eigenvalue weighted by Gasteiger charge is 2.08. The number of pyridine rings is 1. The maximum Gasteiger partial charge on any atom is 0.0657 e. The van der Waals surface area contributed by atoms with Crippen LogP contribution in [-0.4, -0.2) is 4.98 Å². The minimum atomic E-state index is 0.226. The summed E-state index contributed by atoms with van der Waals surface area (Å²) in [6, 6.07) is 14.8. The number of aromatic nitrogens is 1. The van der Waals surface area contributed by atoms with Crippen molar-refractivity contribution in [2.24, 2.45) is 0 Å². The first-order chi connectivity index (χ1) is 8.81. The summed E-state index contributed by atoms with van der Waals surface area (Å²) in [4.78, 5) is 4.39. The predicted octanol–water partition coefficient (Wildman–Crippen LogP) is 4.21. The van der Waals surface area contributed by atoms with Crippen molar-refractivity contribution < 1.29 is 0 Å². The Labute approximate surface area is 109 Å². The Morgan fingerprint density at radius 2 is 1.89 bits per heavy atom. The van der Waals surface area contributed by atoms with Gasteiger partial charge < -0.3 is 5.32 Å². The molecule has 0 saturated heterocycles. The lowest BCUT2D eigenvalue weighted by Crippen LogP contribution is -2.09. The molecule has 0 aliphatic heterocycles. The molecule has 1 N–H and O–H groups in total. The van der Waals surface area contributed by atoms with Crippen molar-refractivity contribution in [3.8, 4) is 0 Å². The number of aryl methyl sites for hydroxylation is 1. The minimum Gasteiger partial charge on any atom is -0.377 e. The normalized spacial score (nSPS) is 12.1. The third-order valence-electron chi connectivity index (χ3n) is 3.04. The molecule has 1 aromatic carbocycles. The van der Waals surface area contributed by atoms with E-state index in [9.17, 15) is 0 Å². The van der Waals surface area contributed by atoms with Gasteiger partial charge in [0.25, 0.3) is 0 Å². The van der Waals surface area contributed by atoms with E-state index in [1.807, 2.05) is 18.3 Å². The summed E-state index contributed by atoms with van der Waals surface area (Å²) in [5.74, 6) is 0. The SMILES string of the molecule is CCCc1ccccc1NC(C)c1ccccn1. The molecule has 2 aromatic rings. The van der Waals surface area contributed by atoms with E-state index < -0.39 is 0 Å². The van der Waals surface area contributed by atoms with Gasteiger partial charge in [0.1, 0.15) is 0 Å². The van der Waals surface area contributed by atoms with Gasteiger partial charge in [-0.25, -0.2) is 0 Å². The topological polar surface area (TPSA) is 24.9 Å². The van der Waals surface area contributed by atoms with Crippen molar-refractivity contribution in [3.05, 3.63) is 59.9 Å². The monoisotopic (exact) mass is 240 g/mol. The lowest BCUT2D eigenvalue weighted by atomic mass is 10.1. The predicted molar refractivity (Wildman–Crippen MR) is 76.7 cm³/mol. The standard InChI is InChI=1S/C16H20N2/c1-3-8-14-9-4-5-11-16(14)18-13(2)15-10-6-7-12-17-15/h4-7,9-13,18H,3,8H2,1-2H3. The molecule has 94 valence electrons. The highest BCUT2D eigenvalue weighted by Crippen LogP contribution is 2.22. The van der Waals surface area contributed by atoms with Gasteiger partial charge in [0, 0.05) is 11.9 Å². The van der Waals surface area contributed by atoms with Crippen LogP contribution < -0.4 is 5.32 Å². The molecule has 0 spiro atoms. The number of benzene rings is 1. The smallest absolute Gasteiger partial charge is 0.0657 e. The fraction of sp³-hybridized carbons (Fsp3) is 0.312. The number of rotatable bonds is 5. The number of hydrogen-bond acceptors (Lipinski definition) is 2. The first-order valence-corrected chi connectivity index (χ1v) is 6.56. The van der Waals surface area contributed by atoms with Crippen molar-refractivity contribution in [1.82, 2.24) is 4.98 Å². The molecule has 2 heteroatoms. The van der Waals surface area contributed by atoms with Gasteiger partial charge in [-0.3, -0.25) is 4.98 Å². The molecule has 1 unspecified atom stereocenters. The van der Waals surface area contributed by atoms with Gasteiger partial charge in [0.15, 0.2) is 0 Å². The average molecular weight is 240 g/mol. The molecule has 0 aliphatic carbocycles. The Morgan fingerprint density at radius 3 is 2.61 bits per heavy atom. The molecule has 0 fully saturated rings. The van der Waals surface area contributed by atoms with E-state index in [1.54, 1.807) is 0 Å². The van der Waals surface area contributed by atoms with Gasteiger partial charge in [-0.05, 0) is 37.1 Å². The maximum absolute atomic E-state index is 4.39. The molecule has 1 aromatic heterocycles. The Hall–Kier alpha value is -1.83. The highest BCUT2D eigenvalue weighted by atomic mass is 14.9. The Kier molecular flexibility index (Phi) is 4.35. The van der Waals surface area contributed by atoms with Crippen LogP contribution in [0.1, 0.15) is 37.6 Å². The van der Waals surface area contributed by atoms with Crippen LogP contribution in [0.4, 0.5) is 5.69 Å². The van der Waals surface area contributed by atoms with Crippen molar-refractivity contribution in [3.63, 3.8) is 0 Å². The molecular formula is C16H20N2. The van der Waals surface area contributed by atoms with Crippen LogP contribution in [0, 0.1) is 0 Å². The molecule has 0 amide bonds. The summed E-state index contributed by atoms with van der Waals surface area (Å²) in [7, 11) is 0. The second kappa shape index (κ2) is 6.20. The van der Waals surface area contributed by atoms with Crippen molar-refractivity contribution in [2.75, 3.05) is 5.32 Å². The van der Waals surface area contributed by atoms with Gasteiger partial charge in [0.05, 0.1) is 11.7 Å². The third kappa shape index (κ3) is 3.10. The fourth-order valence-electron chi connectivity index (χ4n) is 2.09. The first-order valence-electron chi connectivity index (χ1n) is 6.56. The van der Waals surface area contributed by atoms with Crippen LogP contribution in [0.2, 0.25) is 0 Å². The molecule has 2 nitrogen and oxygen atoms in total. The van der Waals surface area contributed by atoms with E-state index in [0.29, 0.717) is 0 Å². The summed E-state index contributed by atoms with van der Waals surface area (Å²) in [6.45, 7) is 4.35. The molecule has 0 radical (unpaired) electrons. The van der Waals surface area contributed by atoms with E-state index in [4.69, 9.17) is 0 Å². The summed E-state index contributed by atoms with van der Waals surface area (Å²) in [6.07, 6.45) is 4.11. The summed E-state index contributed by atoms with van der Waals surface area (Å²) in [5, 5.41) is 3.55. The molecule has 0 bridgehead atoms. The van der Waals surface area contributed by atoms with E-state index >= 15 is 0 Å². The van der Waals surface area contributed by atoms with E-state index in [2.05, 4.69) is 54.5 Å². The molecule has 1 heterocycles. The quantitative estimate of drug-likeness (QED) is 0.847. The first kappa shape index (κ1) is 12.6. The zero-order chi connectivity index (χ0) is 12.8. The van der Waals surface area contributed by atoms with Gasteiger partial charge in [0.2, 0.25) is 0 Å². The van der Waals surface area contributed by atoms with Crippen LogP contribution in [0.15, 0.2) is 48.7 Å². The molecule has 0 aliphatic rings. The summed E-state index contributed by atoms with van der Waals surface area (Å²) >= 11 is 0.